The zero-order valence-corrected chi connectivity index (χ0v) is 12.3. The van der Waals surface area contributed by atoms with Crippen molar-refractivity contribution in [3.63, 3.8) is 0 Å². The van der Waals surface area contributed by atoms with Crippen LogP contribution in [-0.4, -0.2) is 18.9 Å². The monoisotopic (exact) mass is 299 g/mol. The molecule has 2 aromatic rings. The van der Waals surface area contributed by atoms with Crippen LogP contribution in [0.25, 0.3) is 0 Å². The standard InChI is InChI=1S/C16H17N3O3/c1-10(20)18-11-4-3-5-12(8-11)19-16(21)14-7-6-13(22-2)9-15(14)17/h3-9H,17H2,1-2H3,(H,18,20)(H,19,21). The van der Waals surface area contributed by atoms with Crippen LogP contribution in [0.2, 0.25) is 0 Å². The summed E-state index contributed by atoms with van der Waals surface area (Å²) in [5, 5.41) is 5.39. The quantitative estimate of drug-likeness (QED) is 0.756. The number of anilines is 3. The Morgan fingerprint density at radius 3 is 2.32 bits per heavy atom. The van der Waals surface area contributed by atoms with Gasteiger partial charge in [-0.2, -0.15) is 0 Å². The van der Waals surface area contributed by atoms with Gasteiger partial charge in [-0.3, -0.25) is 9.59 Å². The number of benzene rings is 2. The van der Waals surface area contributed by atoms with Gasteiger partial charge in [-0.05, 0) is 30.3 Å². The lowest BCUT2D eigenvalue weighted by atomic mass is 10.1. The van der Waals surface area contributed by atoms with Crippen LogP contribution >= 0.6 is 0 Å². The Balaban J connectivity index is 2.16. The zero-order valence-electron chi connectivity index (χ0n) is 12.3. The molecule has 0 atom stereocenters. The topological polar surface area (TPSA) is 93.5 Å². The minimum absolute atomic E-state index is 0.178. The molecule has 2 aromatic carbocycles. The van der Waals surface area contributed by atoms with E-state index in [0.29, 0.717) is 28.4 Å². The molecule has 0 aliphatic rings. The van der Waals surface area contributed by atoms with Gasteiger partial charge < -0.3 is 21.1 Å². The highest BCUT2D eigenvalue weighted by molar-refractivity contribution is 6.08. The largest absolute Gasteiger partial charge is 0.497 e. The number of ether oxygens (including phenoxy) is 1. The summed E-state index contributed by atoms with van der Waals surface area (Å²) in [5.41, 5.74) is 7.70. The van der Waals surface area contributed by atoms with Gasteiger partial charge in [0.2, 0.25) is 5.91 Å². The zero-order chi connectivity index (χ0) is 16.1. The Morgan fingerprint density at radius 2 is 1.73 bits per heavy atom. The summed E-state index contributed by atoms with van der Waals surface area (Å²) in [6.07, 6.45) is 0. The number of nitrogens with two attached hydrogens (primary N) is 1. The van der Waals surface area contributed by atoms with Crippen molar-refractivity contribution in [2.24, 2.45) is 0 Å². The SMILES string of the molecule is COc1ccc(C(=O)Nc2cccc(NC(C)=O)c2)c(N)c1. The summed E-state index contributed by atoms with van der Waals surface area (Å²) >= 11 is 0. The predicted octanol–water partition coefficient (Wildman–Crippen LogP) is 2.49. The number of rotatable bonds is 4. The molecular weight excluding hydrogens is 282 g/mol. The Kier molecular flexibility index (Phi) is 4.63. The number of hydrogen-bond donors (Lipinski definition) is 3. The van der Waals surface area contributed by atoms with E-state index in [1.54, 1.807) is 42.5 Å². The van der Waals surface area contributed by atoms with Crippen LogP contribution in [0.5, 0.6) is 5.75 Å². The highest BCUT2D eigenvalue weighted by atomic mass is 16.5. The summed E-state index contributed by atoms with van der Waals surface area (Å²) in [6.45, 7) is 1.42. The van der Waals surface area contributed by atoms with Crippen LogP contribution in [0.3, 0.4) is 0 Å². The highest BCUT2D eigenvalue weighted by Gasteiger charge is 2.11. The van der Waals surface area contributed by atoms with Gasteiger partial charge in [-0.15, -0.1) is 0 Å². The molecular formula is C16H17N3O3. The molecule has 0 fully saturated rings. The summed E-state index contributed by atoms with van der Waals surface area (Å²) < 4.78 is 5.05. The number of amides is 2. The molecule has 114 valence electrons. The molecule has 0 saturated carbocycles. The maximum absolute atomic E-state index is 12.2. The smallest absolute Gasteiger partial charge is 0.257 e. The maximum atomic E-state index is 12.2. The van der Waals surface area contributed by atoms with Crippen LogP contribution in [0.1, 0.15) is 17.3 Å². The summed E-state index contributed by atoms with van der Waals surface area (Å²) in [5.74, 6) is 0.0738. The van der Waals surface area contributed by atoms with E-state index in [1.807, 2.05) is 0 Å². The molecule has 22 heavy (non-hydrogen) atoms. The number of hydrogen-bond acceptors (Lipinski definition) is 4. The molecule has 0 bridgehead atoms. The van der Waals surface area contributed by atoms with Gasteiger partial charge in [-0.1, -0.05) is 6.07 Å². The molecule has 6 nitrogen and oxygen atoms in total. The third-order valence-corrected chi connectivity index (χ3v) is 2.94. The molecule has 0 saturated heterocycles. The Labute approximate surface area is 128 Å². The van der Waals surface area contributed by atoms with E-state index in [-0.39, 0.29) is 11.8 Å². The number of carbonyl (C=O) groups is 2. The Morgan fingerprint density at radius 1 is 1.05 bits per heavy atom. The van der Waals surface area contributed by atoms with Crippen molar-refractivity contribution in [2.75, 3.05) is 23.5 Å². The van der Waals surface area contributed by atoms with Crippen molar-refractivity contribution in [1.29, 1.82) is 0 Å². The average molecular weight is 299 g/mol. The van der Waals surface area contributed by atoms with Gasteiger partial charge >= 0.3 is 0 Å². The van der Waals surface area contributed by atoms with Gasteiger partial charge in [0.25, 0.3) is 5.91 Å². The Bertz CT molecular complexity index is 714. The summed E-state index contributed by atoms with van der Waals surface area (Å²) in [7, 11) is 1.53. The third-order valence-electron chi connectivity index (χ3n) is 2.94. The van der Waals surface area contributed by atoms with Crippen molar-refractivity contribution in [3.8, 4) is 5.75 Å². The molecule has 0 aliphatic heterocycles. The van der Waals surface area contributed by atoms with E-state index < -0.39 is 0 Å². The minimum Gasteiger partial charge on any atom is -0.497 e. The summed E-state index contributed by atoms with van der Waals surface area (Å²) in [6, 6.07) is 11.7. The molecule has 2 amide bonds. The van der Waals surface area contributed by atoms with E-state index >= 15 is 0 Å². The van der Waals surface area contributed by atoms with E-state index in [2.05, 4.69) is 10.6 Å². The molecule has 0 spiro atoms. The molecule has 0 unspecified atom stereocenters. The van der Waals surface area contributed by atoms with Gasteiger partial charge in [0.05, 0.1) is 12.7 Å². The first kappa shape index (κ1) is 15.4. The molecule has 0 heterocycles. The second-order valence-electron chi connectivity index (χ2n) is 4.67. The van der Waals surface area contributed by atoms with Gasteiger partial charge in [0, 0.05) is 30.1 Å². The predicted molar refractivity (Wildman–Crippen MR) is 86.1 cm³/mol. The first-order chi connectivity index (χ1) is 10.5. The molecule has 6 heteroatoms. The van der Waals surface area contributed by atoms with Crippen molar-refractivity contribution in [1.82, 2.24) is 0 Å². The molecule has 4 N–H and O–H groups in total. The number of nitrogen functional groups attached to an aromatic ring is 1. The van der Waals surface area contributed by atoms with Crippen LogP contribution in [0.15, 0.2) is 42.5 Å². The Hall–Kier alpha value is -3.02. The molecule has 2 rings (SSSR count). The number of methoxy groups -OCH3 is 1. The molecule has 0 radical (unpaired) electrons. The average Bonchev–Trinajstić information content (AvgIpc) is 2.46. The fraction of sp³-hybridized carbons (Fsp3) is 0.125. The lowest BCUT2D eigenvalue weighted by Gasteiger charge is -2.10. The first-order valence-corrected chi connectivity index (χ1v) is 6.62. The van der Waals surface area contributed by atoms with Crippen LogP contribution in [0.4, 0.5) is 17.1 Å². The first-order valence-electron chi connectivity index (χ1n) is 6.62. The molecule has 0 aromatic heterocycles. The van der Waals surface area contributed by atoms with Crippen molar-refractivity contribution in [2.45, 2.75) is 6.92 Å². The van der Waals surface area contributed by atoms with Crippen molar-refractivity contribution < 1.29 is 14.3 Å². The normalized spacial score (nSPS) is 9.91. The lowest BCUT2D eigenvalue weighted by Crippen LogP contribution is -2.14. The van der Waals surface area contributed by atoms with E-state index in [1.165, 1.54) is 14.0 Å². The van der Waals surface area contributed by atoms with Crippen LogP contribution in [-0.2, 0) is 4.79 Å². The highest BCUT2D eigenvalue weighted by Crippen LogP contribution is 2.21. The van der Waals surface area contributed by atoms with Gasteiger partial charge in [0.15, 0.2) is 0 Å². The van der Waals surface area contributed by atoms with Crippen LogP contribution < -0.4 is 21.1 Å². The fourth-order valence-electron chi connectivity index (χ4n) is 1.95. The number of carbonyl (C=O) groups excluding carboxylic acids is 2. The maximum Gasteiger partial charge on any atom is 0.257 e. The van der Waals surface area contributed by atoms with E-state index in [9.17, 15) is 9.59 Å². The van der Waals surface area contributed by atoms with Crippen LogP contribution in [0, 0.1) is 0 Å². The summed E-state index contributed by atoms with van der Waals surface area (Å²) in [4.78, 5) is 23.3. The van der Waals surface area contributed by atoms with Gasteiger partial charge in [0.1, 0.15) is 5.75 Å². The second-order valence-corrected chi connectivity index (χ2v) is 4.67. The van der Waals surface area contributed by atoms with Crippen molar-refractivity contribution >= 4 is 28.9 Å². The minimum atomic E-state index is -0.333. The lowest BCUT2D eigenvalue weighted by molar-refractivity contribution is -0.114. The third kappa shape index (κ3) is 3.76. The van der Waals surface area contributed by atoms with Gasteiger partial charge in [-0.25, -0.2) is 0 Å². The molecule has 0 aliphatic carbocycles. The van der Waals surface area contributed by atoms with E-state index in [0.717, 1.165) is 0 Å². The van der Waals surface area contributed by atoms with E-state index in [4.69, 9.17) is 10.5 Å². The fourth-order valence-corrected chi connectivity index (χ4v) is 1.95. The van der Waals surface area contributed by atoms with Crippen molar-refractivity contribution in [3.05, 3.63) is 48.0 Å². The second kappa shape index (κ2) is 6.62. The number of nitrogens with one attached hydrogen (secondary N) is 2.